The van der Waals surface area contributed by atoms with E-state index in [4.69, 9.17) is 4.98 Å². The molecule has 0 radical (unpaired) electrons. The molecule has 0 saturated carbocycles. The molecule has 0 aliphatic carbocycles. The molecule has 6 rings (SSSR count). The van der Waals surface area contributed by atoms with Gasteiger partial charge in [0.2, 0.25) is 0 Å². The van der Waals surface area contributed by atoms with Crippen LogP contribution in [0.4, 0.5) is 0 Å². The fourth-order valence-corrected chi connectivity index (χ4v) is 8.97. The lowest BCUT2D eigenvalue weighted by atomic mass is 10.1. The number of nitrogens with zero attached hydrogens (tertiary/aromatic N) is 2. The SMILES string of the molecule is Cc1ccc2c3cccc4c3n(c2c1)-c1ncccc1[Si]4(C)c1ccccc1. The number of aromatic nitrogens is 2. The number of aryl methyl sites for hydroxylation is 1. The van der Waals surface area contributed by atoms with Crippen LogP contribution in [0.3, 0.4) is 0 Å². The van der Waals surface area contributed by atoms with E-state index in [1.54, 1.807) is 0 Å². The topological polar surface area (TPSA) is 17.8 Å². The van der Waals surface area contributed by atoms with Gasteiger partial charge in [0, 0.05) is 17.0 Å². The van der Waals surface area contributed by atoms with Crippen molar-refractivity contribution < 1.29 is 0 Å². The minimum absolute atomic E-state index is 1.10. The van der Waals surface area contributed by atoms with Crippen LogP contribution < -0.4 is 15.6 Å². The molecule has 0 fully saturated rings. The first kappa shape index (κ1) is 15.8. The second kappa shape index (κ2) is 5.43. The summed E-state index contributed by atoms with van der Waals surface area (Å²) in [5.41, 5.74) is 3.87. The van der Waals surface area contributed by atoms with Gasteiger partial charge in [-0.2, -0.15) is 0 Å². The Kier molecular flexibility index (Phi) is 3.07. The lowest BCUT2D eigenvalue weighted by Gasteiger charge is -2.35. The second-order valence-electron chi connectivity index (χ2n) is 7.92. The Morgan fingerprint density at radius 3 is 2.46 bits per heavy atom. The fraction of sp³-hybridized carbons (Fsp3) is 0.0800. The number of benzene rings is 3. The molecule has 0 N–H and O–H groups in total. The van der Waals surface area contributed by atoms with Crippen LogP contribution >= 0.6 is 0 Å². The quantitative estimate of drug-likeness (QED) is 0.406. The van der Waals surface area contributed by atoms with Crippen LogP contribution in [0.5, 0.6) is 0 Å². The largest absolute Gasteiger partial charge is 0.294 e. The summed E-state index contributed by atoms with van der Waals surface area (Å²) in [5.74, 6) is 1.10. The number of rotatable bonds is 1. The normalized spacial score (nSPS) is 17.8. The first-order chi connectivity index (χ1) is 13.7. The molecule has 1 unspecified atom stereocenters. The molecular weight excluding hydrogens is 356 g/mol. The Morgan fingerprint density at radius 1 is 0.786 bits per heavy atom. The van der Waals surface area contributed by atoms with Gasteiger partial charge in [-0.05, 0) is 40.2 Å². The van der Waals surface area contributed by atoms with E-state index in [-0.39, 0.29) is 0 Å². The molecule has 3 heteroatoms. The summed E-state index contributed by atoms with van der Waals surface area (Å²) in [5, 5.41) is 6.94. The number of hydrogen-bond acceptors (Lipinski definition) is 1. The summed E-state index contributed by atoms with van der Waals surface area (Å²) in [6.07, 6.45) is 1.93. The highest BCUT2D eigenvalue weighted by Gasteiger charge is 2.42. The predicted molar refractivity (Wildman–Crippen MR) is 120 cm³/mol. The second-order valence-corrected chi connectivity index (χ2v) is 11.8. The van der Waals surface area contributed by atoms with E-state index >= 15 is 0 Å². The van der Waals surface area contributed by atoms with E-state index in [2.05, 4.69) is 96.9 Å². The molecule has 2 nitrogen and oxygen atoms in total. The van der Waals surface area contributed by atoms with Gasteiger partial charge in [0.05, 0.1) is 11.0 Å². The number of hydrogen-bond donors (Lipinski definition) is 0. The van der Waals surface area contributed by atoms with Gasteiger partial charge in [-0.1, -0.05) is 73.3 Å². The maximum Gasteiger partial charge on any atom is 0.152 e. The van der Waals surface area contributed by atoms with Crippen LogP contribution in [0.25, 0.3) is 27.6 Å². The molecule has 134 valence electrons. The zero-order chi connectivity index (χ0) is 18.9. The maximum atomic E-state index is 4.91. The van der Waals surface area contributed by atoms with Crippen molar-refractivity contribution in [1.29, 1.82) is 0 Å². The molecule has 28 heavy (non-hydrogen) atoms. The van der Waals surface area contributed by atoms with Crippen LogP contribution in [0, 0.1) is 6.92 Å². The van der Waals surface area contributed by atoms with Crippen molar-refractivity contribution >= 4 is 45.4 Å². The van der Waals surface area contributed by atoms with E-state index in [1.807, 2.05) is 6.20 Å². The summed E-state index contributed by atoms with van der Waals surface area (Å²) in [4.78, 5) is 4.91. The average Bonchev–Trinajstić information content (AvgIpc) is 3.07. The highest BCUT2D eigenvalue weighted by Crippen LogP contribution is 2.34. The Hall–Kier alpha value is -3.17. The Balaban J connectivity index is 1.89. The third kappa shape index (κ3) is 1.84. The highest BCUT2D eigenvalue weighted by molar-refractivity contribution is 7.12. The van der Waals surface area contributed by atoms with Crippen molar-refractivity contribution in [3.63, 3.8) is 0 Å². The molecule has 2 aromatic heterocycles. The van der Waals surface area contributed by atoms with Gasteiger partial charge >= 0.3 is 0 Å². The van der Waals surface area contributed by atoms with E-state index in [0.29, 0.717) is 0 Å². The van der Waals surface area contributed by atoms with Gasteiger partial charge in [-0.3, -0.25) is 4.57 Å². The minimum atomic E-state index is -2.14. The smallest absolute Gasteiger partial charge is 0.152 e. The third-order valence-electron chi connectivity index (χ3n) is 6.37. The van der Waals surface area contributed by atoms with Crippen molar-refractivity contribution in [1.82, 2.24) is 9.55 Å². The lowest BCUT2D eigenvalue weighted by Crippen LogP contribution is -2.67. The third-order valence-corrected chi connectivity index (χ3v) is 10.8. The van der Waals surface area contributed by atoms with Crippen molar-refractivity contribution in [2.75, 3.05) is 0 Å². The first-order valence-electron chi connectivity index (χ1n) is 9.75. The Labute approximate surface area is 165 Å². The molecule has 1 aliphatic rings. The predicted octanol–water partition coefficient (Wildman–Crippen LogP) is 3.90. The van der Waals surface area contributed by atoms with E-state index in [9.17, 15) is 0 Å². The molecule has 0 spiro atoms. The van der Waals surface area contributed by atoms with E-state index in [0.717, 1.165) is 5.82 Å². The molecule has 1 atom stereocenters. The van der Waals surface area contributed by atoms with Crippen LogP contribution in [-0.2, 0) is 0 Å². The van der Waals surface area contributed by atoms with Gasteiger partial charge in [-0.15, -0.1) is 0 Å². The zero-order valence-electron chi connectivity index (χ0n) is 16.0. The summed E-state index contributed by atoms with van der Waals surface area (Å²) in [6, 6.07) is 29.0. The highest BCUT2D eigenvalue weighted by atomic mass is 28.3. The molecule has 3 aromatic carbocycles. The summed E-state index contributed by atoms with van der Waals surface area (Å²) in [6.45, 7) is 4.64. The maximum absolute atomic E-state index is 4.91. The molecule has 0 bridgehead atoms. The van der Waals surface area contributed by atoms with Gasteiger partial charge in [0.15, 0.2) is 8.07 Å². The molecule has 1 aliphatic heterocycles. The van der Waals surface area contributed by atoms with Gasteiger partial charge in [-0.25, -0.2) is 4.98 Å². The summed E-state index contributed by atoms with van der Waals surface area (Å²) < 4.78 is 2.40. The van der Waals surface area contributed by atoms with Crippen molar-refractivity contribution in [2.24, 2.45) is 0 Å². The monoisotopic (exact) mass is 376 g/mol. The Bertz CT molecular complexity index is 1380. The molecule has 0 amide bonds. The van der Waals surface area contributed by atoms with Crippen molar-refractivity contribution in [3.05, 3.63) is 90.6 Å². The minimum Gasteiger partial charge on any atom is -0.294 e. The fourth-order valence-electron chi connectivity index (χ4n) is 4.99. The number of pyridine rings is 1. The van der Waals surface area contributed by atoms with Gasteiger partial charge < -0.3 is 0 Å². The van der Waals surface area contributed by atoms with Crippen LogP contribution in [0.1, 0.15) is 5.56 Å². The molecule has 5 aromatic rings. The molecular formula is C25H20N2Si. The average molecular weight is 377 g/mol. The number of para-hydroxylation sites is 1. The number of fused-ring (bicyclic) bond motifs is 5. The Morgan fingerprint density at radius 2 is 1.61 bits per heavy atom. The molecule has 0 saturated heterocycles. The van der Waals surface area contributed by atoms with Crippen LogP contribution in [-0.4, -0.2) is 17.6 Å². The molecule has 3 heterocycles. The van der Waals surface area contributed by atoms with Gasteiger partial charge in [0.1, 0.15) is 5.82 Å². The van der Waals surface area contributed by atoms with Gasteiger partial charge in [0.25, 0.3) is 0 Å². The van der Waals surface area contributed by atoms with Crippen LogP contribution in [0.15, 0.2) is 85.1 Å². The van der Waals surface area contributed by atoms with Crippen molar-refractivity contribution in [3.8, 4) is 5.82 Å². The standard InChI is InChI=1S/C25H20N2Si/c1-17-13-14-19-20-10-6-11-22-24(20)27(21(19)16-17)25-23(12-7-15-26-25)28(22,2)18-8-4-3-5-9-18/h3-16H,1-2H3. The van der Waals surface area contributed by atoms with E-state index in [1.165, 1.54) is 42.9 Å². The summed E-state index contributed by atoms with van der Waals surface area (Å²) >= 11 is 0. The van der Waals surface area contributed by atoms with Crippen LogP contribution in [0.2, 0.25) is 6.55 Å². The van der Waals surface area contributed by atoms with Crippen molar-refractivity contribution in [2.45, 2.75) is 13.5 Å². The lowest BCUT2D eigenvalue weighted by molar-refractivity contribution is 1.09. The zero-order valence-corrected chi connectivity index (χ0v) is 17.0. The van der Waals surface area contributed by atoms with E-state index < -0.39 is 8.07 Å². The first-order valence-corrected chi connectivity index (χ1v) is 12.3. The summed E-state index contributed by atoms with van der Waals surface area (Å²) in [7, 11) is -2.14.